The average molecular weight is 332 g/mol. The van der Waals surface area contributed by atoms with Gasteiger partial charge in [0.15, 0.2) is 5.65 Å². The van der Waals surface area contributed by atoms with Gasteiger partial charge in [-0.25, -0.2) is 19.2 Å². The number of aryl methyl sites for hydroxylation is 1. The lowest BCUT2D eigenvalue weighted by Gasteiger charge is -2.10. The van der Waals surface area contributed by atoms with Crippen LogP contribution in [-0.2, 0) is 0 Å². The van der Waals surface area contributed by atoms with Gasteiger partial charge in [-0.3, -0.25) is 4.98 Å². The highest BCUT2D eigenvalue weighted by Gasteiger charge is 2.09. The summed E-state index contributed by atoms with van der Waals surface area (Å²) in [4.78, 5) is 24.6. The topological polar surface area (TPSA) is 79.8 Å². The first-order valence-corrected chi connectivity index (χ1v) is 7.02. The highest BCUT2D eigenvalue weighted by molar-refractivity contribution is 6.31. The third-order valence-corrected chi connectivity index (χ3v) is 3.37. The molecule has 6 nitrogen and oxygen atoms in total. The van der Waals surface area contributed by atoms with Gasteiger partial charge in [0.2, 0.25) is 0 Å². The van der Waals surface area contributed by atoms with Crippen LogP contribution in [0.25, 0.3) is 11.2 Å². The molecule has 0 unspecified atom stereocenters. The largest absolute Gasteiger partial charge is 0.323 e. The molecule has 0 aliphatic rings. The second kappa shape index (κ2) is 6.13. The van der Waals surface area contributed by atoms with Crippen LogP contribution in [0.15, 0.2) is 36.7 Å². The number of benzene rings is 1. The minimum absolute atomic E-state index is 0.0679. The molecule has 0 aliphatic carbocycles. The van der Waals surface area contributed by atoms with E-state index in [4.69, 9.17) is 11.6 Å². The number of carbonyl (C=O) groups is 1. The number of anilines is 2. The number of hydrogen-bond donors (Lipinski definition) is 2. The number of hydrogen-bond acceptors (Lipinski definition) is 4. The number of nitrogens with one attached hydrogen (secondary N) is 2. The van der Waals surface area contributed by atoms with E-state index in [-0.39, 0.29) is 5.02 Å². The minimum Gasteiger partial charge on any atom is -0.308 e. The van der Waals surface area contributed by atoms with Gasteiger partial charge in [0, 0.05) is 18.1 Å². The zero-order valence-corrected chi connectivity index (χ0v) is 12.7. The van der Waals surface area contributed by atoms with Gasteiger partial charge in [0.1, 0.15) is 11.3 Å². The Hall–Kier alpha value is -2.80. The van der Waals surface area contributed by atoms with E-state index in [0.717, 1.165) is 0 Å². The first-order chi connectivity index (χ1) is 11.0. The molecule has 0 fully saturated rings. The van der Waals surface area contributed by atoms with E-state index in [2.05, 4.69) is 25.6 Å². The summed E-state index contributed by atoms with van der Waals surface area (Å²) < 4.78 is 13.1. The van der Waals surface area contributed by atoms with E-state index in [0.29, 0.717) is 28.2 Å². The molecule has 1 aromatic carbocycles. The van der Waals surface area contributed by atoms with Gasteiger partial charge in [-0.15, -0.1) is 0 Å². The molecule has 2 amide bonds. The Morgan fingerprint density at radius 3 is 2.74 bits per heavy atom. The number of carbonyl (C=O) groups excluding carboxylic acids is 1. The van der Waals surface area contributed by atoms with Crippen LogP contribution in [0.3, 0.4) is 0 Å². The summed E-state index contributed by atoms with van der Waals surface area (Å²) in [6, 6.07) is 5.10. The molecule has 23 heavy (non-hydrogen) atoms. The van der Waals surface area contributed by atoms with Crippen molar-refractivity contribution in [2.24, 2.45) is 0 Å². The fourth-order valence-corrected chi connectivity index (χ4v) is 2.16. The van der Waals surface area contributed by atoms with Gasteiger partial charge in [0.05, 0.1) is 16.4 Å². The molecule has 0 saturated heterocycles. The predicted octanol–water partition coefficient (Wildman–Crippen LogP) is 3.77. The van der Waals surface area contributed by atoms with Gasteiger partial charge in [-0.2, -0.15) is 0 Å². The number of aromatic nitrogens is 3. The molecule has 0 saturated carbocycles. The number of nitrogens with zero attached hydrogens (tertiary/aromatic N) is 3. The Kier molecular flexibility index (Phi) is 4.03. The zero-order chi connectivity index (χ0) is 16.4. The van der Waals surface area contributed by atoms with E-state index in [9.17, 15) is 9.18 Å². The molecule has 0 aliphatic heterocycles. The van der Waals surface area contributed by atoms with Crippen LogP contribution in [-0.4, -0.2) is 21.0 Å². The molecule has 0 spiro atoms. The van der Waals surface area contributed by atoms with E-state index < -0.39 is 11.8 Å². The molecule has 0 bridgehead atoms. The maximum atomic E-state index is 13.1. The number of pyridine rings is 1. The van der Waals surface area contributed by atoms with E-state index >= 15 is 0 Å². The van der Waals surface area contributed by atoms with E-state index in [1.165, 1.54) is 18.2 Å². The summed E-state index contributed by atoms with van der Waals surface area (Å²) in [5, 5.41) is 5.17. The Morgan fingerprint density at radius 1 is 1.17 bits per heavy atom. The van der Waals surface area contributed by atoms with Crippen LogP contribution in [0.4, 0.5) is 20.6 Å². The van der Waals surface area contributed by atoms with Gasteiger partial charge in [-0.1, -0.05) is 11.6 Å². The lowest BCUT2D eigenvalue weighted by Crippen LogP contribution is -2.20. The van der Waals surface area contributed by atoms with Crippen molar-refractivity contribution in [2.75, 3.05) is 10.6 Å². The van der Waals surface area contributed by atoms with Crippen molar-refractivity contribution >= 4 is 40.2 Å². The van der Waals surface area contributed by atoms with Gasteiger partial charge in [-0.05, 0) is 31.2 Å². The van der Waals surface area contributed by atoms with E-state index in [1.54, 1.807) is 25.4 Å². The summed E-state index contributed by atoms with van der Waals surface area (Å²) in [6.45, 7) is 1.75. The summed E-state index contributed by atoms with van der Waals surface area (Å²) in [6.07, 6.45) is 3.09. The maximum Gasteiger partial charge on any atom is 0.323 e. The van der Waals surface area contributed by atoms with Crippen molar-refractivity contribution < 1.29 is 9.18 Å². The Balaban J connectivity index is 1.79. The van der Waals surface area contributed by atoms with Crippen LogP contribution < -0.4 is 10.6 Å². The molecule has 2 aromatic heterocycles. The summed E-state index contributed by atoms with van der Waals surface area (Å²) in [5.74, 6) is -0.550. The van der Waals surface area contributed by atoms with Crippen LogP contribution in [0, 0.1) is 12.7 Å². The number of fused-ring (bicyclic) bond motifs is 1. The summed E-state index contributed by atoms with van der Waals surface area (Å²) in [5.41, 5.74) is 2.55. The number of urea groups is 1. The number of amides is 2. The minimum atomic E-state index is -0.550. The average Bonchev–Trinajstić information content (AvgIpc) is 2.51. The Morgan fingerprint density at radius 2 is 1.96 bits per heavy atom. The van der Waals surface area contributed by atoms with Gasteiger partial charge < -0.3 is 10.6 Å². The maximum absolute atomic E-state index is 13.1. The Labute approximate surface area is 135 Å². The molecule has 0 radical (unpaired) electrons. The molecule has 3 aromatic rings. The number of rotatable bonds is 2. The molecular formula is C15H11ClFN5O. The second-order valence-corrected chi connectivity index (χ2v) is 5.14. The molecule has 8 heteroatoms. The quantitative estimate of drug-likeness (QED) is 0.749. The molecule has 0 atom stereocenters. The fraction of sp³-hybridized carbons (Fsp3) is 0.0667. The standard InChI is InChI=1S/C15H11ClFN5O/c1-8-12(7-13-14(20-8)19-5-4-18-13)22-15(23)21-9-2-3-11(17)10(16)6-9/h2-7H,1H3,(H2,21,22,23). The SMILES string of the molecule is Cc1nc2nccnc2cc1NC(=O)Nc1ccc(F)c(Cl)c1. The van der Waals surface area contributed by atoms with Crippen molar-refractivity contribution in [1.82, 2.24) is 15.0 Å². The third-order valence-electron chi connectivity index (χ3n) is 3.08. The van der Waals surface area contributed by atoms with E-state index in [1.807, 2.05) is 0 Å². The van der Waals surface area contributed by atoms with Crippen LogP contribution in [0.5, 0.6) is 0 Å². The molecule has 116 valence electrons. The van der Waals surface area contributed by atoms with Crippen molar-refractivity contribution in [2.45, 2.75) is 6.92 Å². The van der Waals surface area contributed by atoms with Gasteiger partial charge >= 0.3 is 6.03 Å². The molecule has 2 N–H and O–H groups in total. The zero-order valence-electron chi connectivity index (χ0n) is 12.0. The van der Waals surface area contributed by atoms with Crippen molar-refractivity contribution in [3.8, 4) is 0 Å². The normalized spacial score (nSPS) is 10.6. The van der Waals surface area contributed by atoms with Crippen LogP contribution >= 0.6 is 11.6 Å². The highest BCUT2D eigenvalue weighted by Crippen LogP contribution is 2.21. The highest BCUT2D eigenvalue weighted by atomic mass is 35.5. The van der Waals surface area contributed by atoms with Gasteiger partial charge in [0.25, 0.3) is 0 Å². The monoisotopic (exact) mass is 331 g/mol. The van der Waals surface area contributed by atoms with Crippen LogP contribution in [0.2, 0.25) is 5.02 Å². The lowest BCUT2D eigenvalue weighted by molar-refractivity contribution is 0.262. The van der Waals surface area contributed by atoms with Crippen LogP contribution in [0.1, 0.15) is 5.69 Å². The van der Waals surface area contributed by atoms with Crippen molar-refractivity contribution in [1.29, 1.82) is 0 Å². The second-order valence-electron chi connectivity index (χ2n) is 4.73. The number of halogens is 2. The molecular weight excluding hydrogens is 321 g/mol. The van der Waals surface area contributed by atoms with Crippen molar-refractivity contribution in [3.63, 3.8) is 0 Å². The first kappa shape index (κ1) is 15.1. The molecule has 3 rings (SSSR count). The summed E-state index contributed by atoms with van der Waals surface area (Å²) >= 11 is 5.68. The Bertz CT molecular complexity index is 902. The van der Waals surface area contributed by atoms with Crippen molar-refractivity contribution in [3.05, 3.63) is 53.2 Å². The first-order valence-electron chi connectivity index (χ1n) is 6.64. The fourth-order valence-electron chi connectivity index (χ4n) is 1.97. The third kappa shape index (κ3) is 3.35. The lowest BCUT2D eigenvalue weighted by atomic mass is 10.3. The predicted molar refractivity (Wildman–Crippen MR) is 86.1 cm³/mol. The smallest absolute Gasteiger partial charge is 0.308 e. The molecule has 2 heterocycles. The summed E-state index contributed by atoms with van der Waals surface area (Å²) in [7, 11) is 0.